The van der Waals surface area contributed by atoms with Gasteiger partial charge in [-0.15, -0.1) is 11.3 Å². The van der Waals surface area contributed by atoms with Gasteiger partial charge in [0.05, 0.1) is 11.9 Å². The quantitative estimate of drug-likeness (QED) is 0.854. The summed E-state index contributed by atoms with van der Waals surface area (Å²) in [5.41, 5.74) is 9.14. The Morgan fingerprint density at radius 3 is 3.17 bits per heavy atom. The van der Waals surface area contributed by atoms with Crippen molar-refractivity contribution in [1.29, 1.82) is 0 Å². The molecule has 0 atom stereocenters. The summed E-state index contributed by atoms with van der Waals surface area (Å²) in [6.45, 7) is 1.91. The topological polar surface area (TPSA) is 42.1 Å². The number of anilines is 1. The number of hydrogen-bond donors (Lipinski definition) is 1. The number of nitrogens with zero attached hydrogens (tertiary/aromatic N) is 2. The minimum Gasteiger partial charge on any atom is -0.389 e. The van der Waals surface area contributed by atoms with Crippen molar-refractivity contribution in [2.45, 2.75) is 13.0 Å². The van der Waals surface area contributed by atoms with E-state index in [1.54, 1.807) is 6.20 Å². The summed E-state index contributed by atoms with van der Waals surface area (Å²) in [5.74, 6) is 0. The van der Waals surface area contributed by atoms with Gasteiger partial charge >= 0.3 is 0 Å². The molecule has 2 aromatic rings. The zero-order valence-electron chi connectivity index (χ0n) is 9.80. The predicted octanol–water partition coefficient (Wildman–Crippen LogP) is 2.34. The van der Waals surface area contributed by atoms with Gasteiger partial charge < -0.3 is 10.6 Å². The normalized spacial score (nSPS) is 14.3. The molecule has 3 rings (SSSR count). The molecule has 2 N–H and O–H groups in total. The molecule has 2 aromatic heterocycles. The third kappa shape index (κ3) is 2.00. The fraction of sp³-hybridized carbons (Fsp3) is 0.231. The minimum atomic E-state index is 0.434. The summed E-state index contributed by atoms with van der Waals surface area (Å²) in [7, 11) is 0. The van der Waals surface area contributed by atoms with E-state index in [9.17, 15) is 0 Å². The zero-order valence-corrected chi connectivity index (χ0v) is 11.4. The van der Waals surface area contributed by atoms with Gasteiger partial charge in [-0.25, -0.2) is 0 Å². The molecule has 0 bridgehead atoms. The highest BCUT2D eigenvalue weighted by molar-refractivity contribution is 7.80. The molecule has 0 unspecified atom stereocenters. The molecule has 18 heavy (non-hydrogen) atoms. The van der Waals surface area contributed by atoms with Gasteiger partial charge in [0, 0.05) is 29.7 Å². The second-order valence-corrected chi connectivity index (χ2v) is 5.74. The standard InChI is InChI=1S/C13H13N3S2/c14-13(17)10-1-4-15-7-11(10)16-5-2-12-9(8-16)3-6-18-12/h1,3-4,6-7H,2,5,8H2,(H2,14,17). The van der Waals surface area contributed by atoms with Crippen LogP contribution in [0.2, 0.25) is 0 Å². The molecule has 0 fully saturated rings. The molecule has 0 aromatic carbocycles. The number of pyridine rings is 1. The summed E-state index contributed by atoms with van der Waals surface area (Å²) >= 11 is 6.95. The third-order valence-electron chi connectivity index (χ3n) is 3.21. The Kier molecular flexibility index (Phi) is 3.01. The Morgan fingerprint density at radius 1 is 1.44 bits per heavy atom. The second kappa shape index (κ2) is 4.66. The molecular formula is C13H13N3S2. The third-order valence-corrected chi connectivity index (χ3v) is 4.46. The van der Waals surface area contributed by atoms with Crippen LogP contribution in [0.25, 0.3) is 0 Å². The van der Waals surface area contributed by atoms with E-state index in [0.717, 1.165) is 30.8 Å². The highest BCUT2D eigenvalue weighted by Crippen LogP contribution is 2.29. The molecule has 1 aliphatic heterocycles. The van der Waals surface area contributed by atoms with Crippen LogP contribution in [0.15, 0.2) is 29.9 Å². The molecule has 0 amide bonds. The fourth-order valence-corrected chi connectivity index (χ4v) is 3.36. The smallest absolute Gasteiger partial charge is 0.106 e. The fourth-order valence-electron chi connectivity index (χ4n) is 2.30. The number of hydrogen-bond acceptors (Lipinski definition) is 4. The van der Waals surface area contributed by atoms with Crippen LogP contribution < -0.4 is 10.6 Å². The van der Waals surface area contributed by atoms with Crippen LogP contribution in [0.1, 0.15) is 16.0 Å². The van der Waals surface area contributed by atoms with Crippen molar-refractivity contribution in [3.8, 4) is 0 Å². The van der Waals surface area contributed by atoms with Crippen molar-refractivity contribution in [1.82, 2.24) is 4.98 Å². The van der Waals surface area contributed by atoms with Gasteiger partial charge in [0.1, 0.15) is 4.99 Å². The van der Waals surface area contributed by atoms with Gasteiger partial charge in [0.2, 0.25) is 0 Å². The van der Waals surface area contributed by atoms with E-state index in [1.807, 2.05) is 23.6 Å². The van der Waals surface area contributed by atoms with Gasteiger partial charge in [-0.2, -0.15) is 0 Å². The van der Waals surface area contributed by atoms with Crippen LogP contribution in [0.5, 0.6) is 0 Å². The Hall–Kier alpha value is -1.46. The van der Waals surface area contributed by atoms with Gasteiger partial charge in [-0.05, 0) is 29.5 Å². The number of rotatable bonds is 2. The van der Waals surface area contributed by atoms with Gasteiger partial charge in [-0.3, -0.25) is 4.98 Å². The summed E-state index contributed by atoms with van der Waals surface area (Å²) < 4.78 is 0. The van der Waals surface area contributed by atoms with Crippen LogP contribution in [-0.2, 0) is 13.0 Å². The van der Waals surface area contributed by atoms with E-state index in [2.05, 4.69) is 21.3 Å². The lowest BCUT2D eigenvalue weighted by Crippen LogP contribution is -2.31. The Labute approximate surface area is 115 Å². The van der Waals surface area contributed by atoms with Crippen LogP contribution in [-0.4, -0.2) is 16.5 Å². The van der Waals surface area contributed by atoms with Gasteiger partial charge in [0.15, 0.2) is 0 Å². The first-order chi connectivity index (χ1) is 8.75. The van der Waals surface area contributed by atoms with Crippen LogP contribution in [0.3, 0.4) is 0 Å². The lowest BCUT2D eigenvalue weighted by Gasteiger charge is -2.30. The lowest BCUT2D eigenvalue weighted by molar-refractivity contribution is 0.741. The molecule has 0 radical (unpaired) electrons. The minimum absolute atomic E-state index is 0.434. The molecule has 92 valence electrons. The maximum atomic E-state index is 5.77. The van der Waals surface area contributed by atoms with E-state index in [-0.39, 0.29) is 0 Å². The molecule has 1 aliphatic rings. The van der Waals surface area contributed by atoms with Crippen molar-refractivity contribution in [3.63, 3.8) is 0 Å². The Morgan fingerprint density at radius 2 is 2.33 bits per heavy atom. The van der Waals surface area contributed by atoms with E-state index >= 15 is 0 Å². The molecular weight excluding hydrogens is 262 g/mol. The monoisotopic (exact) mass is 275 g/mol. The van der Waals surface area contributed by atoms with Crippen molar-refractivity contribution in [2.75, 3.05) is 11.4 Å². The Balaban J connectivity index is 1.95. The number of thiophene rings is 1. The molecule has 0 aliphatic carbocycles. The van der Waals surface area contributed by atoms with Crippen molar-refractivity contribution in [3.05, 3.63) is 45.9 Å². The number of fused-ring (bicyclic) bond motifs is 1. The van der Waals surface area contributed by atoms with E-state index < -0.39 is 0 Å². The predicted molar refractivity (Wildman–Crippen MR) is 79.2 cm³/mol. The summed E-state index contributed by atoms with van der Waals surface area (Å²) in [6, 6.07) is 4.09. The highest BCUT2D eigenvalue weighted by Gasteiger charge is 2.20. The first kappa shape index (κ1) is 11.6. The van der Waals surface area contributed by atoms with E-state index in [1.165, 1.54) is 10.4 Å². The average Bonchev–Trinajstić information content (AvgIpc) is 2.85. The molecule has 0 saturated carbocycles. The van der Waals surface area contributed by atoms with Crippen molar-refractivity contribution < 1.29 is 0 Å². The SMILES string of the molecule is NC(=S)c1ccncc1N1CCc2sccc2C1. The first-order valence-electron chi connectivity index (χ1n) is 5.79. The first-order valence-corrected chi connectivity index (χ1v) is 7.08. The van der Waals surface area contributed by atoms with Gasteiger partial charge in [-0.1, -0.05) is 12.2 Å². The summed E-state index contributed by atoms with van der Waals surface area (Å²) in [4.78, 5) is 8.42. The van der Waals surface area contributed by atoms with Crippen molar-refractivity contribution in [2.24, 2.45) is 5.73 Å². The maximum Gasteiger partial charge on any atom is 0.106 e. The molecule has 0 saturated heterocycles. The number of thiocarbonyl (C=S) groups is 1. The second-order valence-electron chi connectivity index (χ2n) is 4.30. The van der Waals surface area contributed by atoms with Gasteiger partial charge in [0.25, 0.3) is 0 Å². The summed E-state index contributed by atoms with van der Waals surface area (Å²) in [6.07, 6.45) is 4.67. The average molecular weight is 275 g/mol. The zero-order chi connectivity index (χ0) is 12.5. The highest BCUT2D eigenvalue weighted by atomic mass is 32.1. The molecule has 3 heterocycles. The number of aromatic nitrogens is 1. The van der Waals surface area contributed by atoms with E-state index in [4.69, 9.17) is 18.0 Å². The molecule has 3 nitrogen and oxygen atoms in total. The largest absolute Gasteiger partial charge is 0.389 e. The van der Waals surface area contributed by atoms with Crippen LogP contribution in [0, 0.1) is 0 Å². The van der Waals surface area contributed by atoms with Crippen LogP contribution >= 0.6 is 23.6 Å². The van der Waals surface area contributed by atoms with E-state index in [0.29, 0.717) is 4.99 Å². The molecule has 0 spiro atoms. The van der Waals surface area contributed by atoms with Crippen molar-refractivity contribution >= 4 is 34.2 Å². The van der Waals surface area contributed by atoms with Crippen LogP contribution in [0.4, 0.5) is 5.69 Å². The Bertz CT molecular complexity index is 591. The maximum absolute atomic E-state index is 5.77. The lowest BCUT2D eigenvalue weighted by atomic mass is 10.1. The summed E-state index contributed by atoms with van der Waals surface area (Å²) in [5, 5.41) is 2.16. The number of nitrogens with two attached hydrogens (primary N) is 1. The molecule has 5 heteroatoms.